The van der Waals surface area contributed by atoms with Crippen molar-refractivity contribution in [1.29, 1.82) is 0 Å². The zero-order valence-electron chi connectivity index (χ0n) is 10.4. The molecule has 1 aromatic carbocycles. The number of nitrogen functional groups attached to an aromatic ring is 1. The summed E-state index contributed by atoms with van der Waals surface area (Å²) in [4.78, 5) is 0. The van der Waals surface area contributed by atoms with Crippen LogP contribution < -0.4 is 22.7 Å². The van der Waals surface area contributed by atoms with E-state index < -0.39 is 10.4 Å². The molecule has 0 aromatic heterocycles. The fraction of sp³-hybridized carbons (Fsp3) is 0.333. The highest BCUT2D eigenvalue weighted by atomic mass is 32.3. The molecule has 0 aliphatic heterocycles. The van der Waals surface area contributed by atoms with E-state index in [2.05, 4.69) is 11.2 Å². The van der Waals surface area contributed by atoms with E-state index in [1.54, 1.807) is 0 Å². The first-order chi connectivity index (χ1) is 8.74. The van der Waals surface area contributed by atoms with Gasteiger partial charge in [0.1, 0.15) is 0 Å². The van der Waals surface area contributed by atoms with Crippen LogP contribution in [0.15, 0.2) is 18.2 Å². The number of nitrogens with two attached hydrogens (primary N) is 3. The second-order valence-electron chi connectivity index (χ2n) is 3.23. The maximum atomic E-state index is 8.74. The summed E-state index contributed by atoms with van der Waals surface area (Å²) in [5.74, 6) is 3.50. The van der Waals surface area contributed by atoms with Gasteiger partial charge in [-0.15, -0.1) is 0 Å². The molecule has 0 atom stereocenters. The zero-order valence-corrected chi connectivity index (χ0v) is 11.3. The molecule has 112 valence electrons. The fourth-order valence-corrected chi connectivity index (χ4v) is 1.00. The molecular weight excluding hydrogens is 276 g/mol. The number of aryl methyl sites for hydroxylation is 1. The van der Waals surface area contributed by atoms with Crippen molar-refractivity contribution in [3.05, 3.63) is 23.8 Å². The third kappa shape index (κ3) is 14.5. The van der Waals surface area contributed by atoms with E-state index in [0.717, 1.165) is 23.5 Å². The van der Waals surface area contributed by atoms with Crippen molar-refractivity contribution in [2.75, 3.05) is 24.1 Å². The lowest BCUT2D eigenvalue weighted by molar-refractivity contribution is 0.311. The van der Waals surface area contributed by atoms with E-state index in [0.29, 0.717) is 6.54 Å². The van der Waals surface area contributed by atoms with Crippen LogP contribution in [0, 0.1) is 6.92 Å². The highest BCUT2D eigenvalue weighted by Crippen LogP contribution is 2.15. The minimum Gasteiger partial charge on any atom is -0.399 e. The number of nitrogens with one attached hydrogen (secondary N) is 1. The van der Waals surface area contributed by atoms with E-state index in [1.165, 1.54) is 0 Å². The van der Waals surface area contributed by atoms with E-state index in [-0.39, 0.29) is 0 Å². The fourth-order valence-electron chi connectivity index (χ4n) is 1.00. The molecule has 0 aliphatic carbocycles. The minimum atomic E-state index is -4.67. The summed E-state index contributed by atoms with van der Waals surface area (Å²) in [5.41, 5.74) is 14.0. The van der Waals surface area contributed by atoms with Gasteiger partial charge in [-0.1, -0.05) is 0 Å². The Morgan fingerprint density at radius 1 is 1.26 bits per heavy atom. The van der Waals surface area contributed by atoms with Gasteiger partial charge in [0.25, 0.3) is 0 Å². The van der Waals surface area contributed by atoms with Crippen LogP contribution in [0.4, 0.5) is 11.4 Å². The molecule has 0 aliphatic rings. The van der Waals surface area contributed by atoms with Gasteiger partial charge in [0.15, 0.2) is 0 Å². The molecule has 1 rings (SSSR count). The Morgan fingerprint density at radius 2 is 1.74 bits per heavy atom. The number of anilines is 2. The van der Waals surface area contributed by atoms with Crippen LogP contribution >= 0.6 is 0 Å². The Bertz CT molecular complexity index is 444. The van der Waals surface area contributed by atoms with Crippen molar-refractivity contribution < 1.29 is 22.7 Å². The molecule has 0 heterocycles. The lowest BCUT2D eigenvalue weighted by Gasteiger charge is -2.06. The standard InChI is InChI=1S/C9H15N3.H3NO.H2O4S/c1-7-6-8(12-5-4-10)2-3-9(7)11;1-2;1-5(2,3)4/h2-3,6,12H,4-5,10-11H2,1H3;2H,1H2;(H2,1,2,3,4). The number of benzene rings is 1. The van der Waals surface area contributed by atoms with Crippen LogP contribution in [-0.4, -0.2) is 35.8 Å². The molecule has 0 spiro atoms. The van der Waals surface area contributed by atoms with Gasteiger partial charge in [0, 0.05) is 24.5 Å². The van der Waals surface area contributed by atoms with Crippen LogP contribution in [-0.2, 0) is 10.4 Å². The molecule has 0 amide bonds. The maximum Gasteiger partial charge on any atom is 0.394 e. The molecule has 0 fully saturated rings. The number of hydrogen-bond donors (Lipinski definition) is 7. The van der Waals surface area contributed by atoms with Crippen molar-refractivity contribution in [1.82, 2.24) is 0 Å². The van der Waals surface area contributed by atoms with Gasteiger partial charge in [0.05, 0.1) is 0 Å². The second-order valence-corrected chi connectivity index (χ2v) is 4.13. The van der Waals surface area contributed by atoms with Crippen LogP contribution in [0.25, 0.3) is 0 Å². The quantitative estimate of drug-likeness (QED) is 0.222. The molecule has 0 saturated carbocycles. The highest BCUT2D eigenvalue weighted by Gasteiger charge is 1.94. The summed E-state index contributed by atoms with van der Waals surface area (Å²) < 4.78 is 31.6. The monoisotopic (exact) mass is 296 g/mol. The Kier molecular flexibility index (Phi) is 11.0. The van der Waals surface area contributed by atoms with E-state index in [4.69, 9.17) is 34.2 Å². The summed E-state index contributed by atoms with van der Waals surface area (Å²) >= 11 is 0. The van der Waals surface area contributed by atoms with Crippen LogP contribution in [0.5, 0.6) is 0 Å². The average molecular weight is 296 g/mol. The highest BCUT2D eigenvalue weighted by molar-refractivity contribution is 7.79. The predicted octanol–water partition coefficient (Wildman–Crippen LogP) is -0.371. The van der Waals surface area contributed by atoms with E-state index in [1.807, 2.05) is 25.1 Å². The molecule has 10 heteroatoms. The summed E-state index contributed by atoms with van der Waals surface area (Å²) in [6, 6.07) is 5.87. The van der Waals surface area contributed by atoms with Crippen LogP contribution in [0.3, 0.4) is 0 Å². The Labute approximate surface area is 111 Å². The number of rotatable bonds is 3. The average Bonchev–Trinajstić information content (AvgIpc) is 2.31. The van der Waals surface area contributed by atoms with Gasteiger partial charge in [0.2, 0.25) is 0 Å². The van der Waals surface area contributed by atoms with Crippen LogP contribution in [0.2, 0.25) is 0 Å². The van der Waals surface area contributed by atoms with Gasteiger partial charge < -0.3 is 22.0 Å². The largest absolute Gasteiger partial charge is 0.399 e. The van der Waals surface area contributed by atoms with Crippen molar-refractivity contribution in [2.45, 2.75) is 6.92 Å². The SMILES string of the molecule is Cc1cc(NCCN)ccc1N.NO.O=S(=O)(O)O. The Morgan fingerprint density at radius 3 is 2.11 bits per heavy atom. The first-order valence-electron chi connectivity index (χ1n) is 5.00. The summed E-state index contributed by atoms with van der Waals surface area (Å²) in [6.07, 6.45) is 0. The smallest absolute Gasteiger partial charge is 0.394 e. The molecule has 19 heavy (non-hydrogen) atoms. The summed E-state index contributed by atoms with van der Waals surface area (Å²) in [6.45, 7) is 3.43. The summed E-state index contributed by atoms with van der Waals surface area (Å²) in [7, 11) is -4.67. The van der Waals surface area contributed by atoms with Gasteiger partial charge in [-0.2, -0.15) is 8.42 Å². The normalized spacial score (nSPS) is 9.58. The first kappa shape index (κ1) is 19.9. The Balaban J connectivity index is 0. The topological polar surface area (TPSA) is 185 Å². The lowest BCUT2D eigenvalue weighted by Crippen LogP contribution is -2.13. The van der Waals surface area contributed by atoms with Gasteiger partial charge in [-0.25, -0.2) is 5.90 Å². The van der Waals surface area contributed by atoms with Crippen molar-refractivity contribution in [2.24, 2.45) is 11.6 Å². The molecule has 9 nitrogen and oxygen atoms in total. The van der Waals surface area contributed by atoms with Crippen molar-refractivity contribution in [3.8, 4) is 0 Å². The van der Waals surface area contributed by atoms with Gasteiger partial charge >= 0.3 is 10.4 Å². The second kappa shape index (κ2) is 10.5. The molecule has 0 radical (unpaired) electrons. The molecule has 10 N–H and O–H groups in total. The molecule has 0 unspecified atom stereocenters. The third-order valence-electron chi connectivity index (χ3n) is 1.74. The van der Waals surface area contributed by atoms with Crippen molar-refractivity contribution >= 4 is 21.8 Å². The van der Waals surface area contributed by atoms with E-state index in [9.17, 15) is 0 Å². The van der Waals surface area contributed by atoms with Gasteiger partial charge in [-0.3, -0.25) is 9.11 Å². The minimum absolute atomic E-state index is 0.642. The van der Waals surface area contributed by atoms with Gasteiger partial charge in [-0.05, 0) is 30.7 Å². The Hall–Kier alpha value is -1.43. The first-order valence-corrected chi connectivity index (χ1v) is 6.39. The predicted molar refractivity (Wildman–Crippen MR) is 73.3 cm³/mol. The molecular formula is C9H20N4O5S. The molecule has 0 saturated heterocycles. The van der Waals surface area contributed by atoms with E-state index >= 15 is 0 Å². The molecule has 1 aromatic rings. The van der Waals surface area contributed by atoms with Crippen LogP contribution in [0.1, 0.15) is 5.56 Å². The zero-order chi connectivity index (χ0) is 15.5. The number of hydrogen-bond acceptors (Lipinski definition) is 7. The lowest BCUT2D eigenvalue weighted by atomic mass is 10.2. The maximum absolute atomic E-state index is 8.74. The third-order valence-corrected chi connectivity index (χ3v) is 1.74. The summed E-state index contributed by atoms with van der Waals surface area (Å²) in [5, 5.41) is 9.68. The molecule has 0 bridgehead atoms. The van der Waals surface area contributed by atoms with Crippen molar-refractivity contribution in [3.63, 3.8) is 0 Å².